The van der Waals surface area contributed by atoms with Crippen LogP contribution in [-0.2, 0) is 0 Å². The second kappa shape index (κ2) is 9.74. The number of aromatic nitrogens is 2. The van der Waals surface area contributed by atoms with E-state index in [1.54, 1.807) is 48.2 Å². The fourth-order valence-corrected chi connectivity index (χ4v) is 4.52. The van der Waals surface area contributed by atoms with Gasteiger partial charge in [-0.25, -0.2) is 9.37 Å². The molecule has 0 aliphatic carbocycles. The lowest BCUT2D eigenvalue weighted by molar-refractivity contribution is 0.0693. The highest BCUT2D eigenvalue weighted by Gasteiger charge is 2.28. The predicted octanol–water partition coefficient (Wildman–Crippen LogP) is 6.71. The number of para-hydroxylation sites is 1. The third-order valence-electron chi connectivity index (χ3n) is 5.57. The average Bonchev–Trinajstić information content (AvgIpc) is 2.81. The molecule has 4 aromatic rings. The van der Waals surface area contributed by atoms with Gasteiger partial charge in [-0.1, -0.05) is 46.9 Å². The van der Waals surface area contributed by atoms with Crippen LogP contribution in [0, 0.1) is 5.82 Å². The Balaban J connectivity index is 1.92. The zero-order valence-electron chi connectivity index (χ0n) is 18.2. The van der Waals surface area contributed by atoms with E-state index in [1.807, 2.05) is 6.92 Å². The van der Waals surface area contributed by atoms with Gasteiger partial charge < -0.3 is 4.90 Å². The van der Waals surface area contributed by atoms with Crippen LogP contribution in [0.15, 0.2) is 65.5 Å². The number of halogens is 4. The molecule has 1 aromatic heterocycles. The molecule has 1 unspecified atom stereocenters. The molecule has 5 nitrogen and oxygen atoms in total. The van der Waals surface area contributed by atoms with Crippen LogP contribution in [0.4, 0.5) is 4.39 Å². The first kappa shape index (κ1) is 24.2. The van der Waals surface area contributed by atoms with Crippen molar-refractivity contribution in [3.63, 3.8) is 0 Å². The van der Waals surface area contributed by atoms with Gasteiger partial charge in [-0.15, -0.1) is 0 Å². The number of carbonyl (C=O) groups excluding carboxylic acids is 1. The number of fused-ring (bicyclic) bond motifs is 1. The SMILES string of the molecule is CCN(C(=O)c1ccc(Cl)cc1Cl)C(C)c1nc2ccccc2c(=O)n1-c1ccc(F)c(Cl)c1. The lowest BCUT2D eigenvalue weighted by Gasteiger charge is -2.30. The molecule has 174 valence electrons. The van der Waals surface area contributed by atoms with Crippen LogP contribution in [-0.4, -0.2) is 26.9 Å². The molecule has 0 aliphatic heterocycles. The Hall–Kier alpha value is -2.93. The van der Waals surface area contributed by atoms with Crippen molar-refractivity contribution in [2.24, 2.45) is 0 Å². The Labute approximate surface area is 210 Å². The van der Waals surface area contributed by atoms with Crippen molar-refractivity contribution in [3.8, 4) is 5.69 Å². The number of hydrogen-bond acceptors (Lipinski definition) is 3. The van der Waals surface area contributed by atoms with Crippen molar-refractivity contribution < 1.29 is 9.18 Å². The highest BCUT2D eigenvalue weighted by Crippen LogP contribution is 2.28. The molecule has 3 aromatic carbocycles. The molecule has 4 rings (SSSR count). The second-order valence-corrected chi connectivity index (χ2v) is 8.87. The zero-order chi connectivity index (χ0) is 24.6. The minimum atomic E-state index is -0.648. The van der Waals surface area contributed by atoms with Gasteiger partial charge in [-0.2, -0.15) is 0 Å². The van der Waals surface area contributed by atoms with Crippen molar-refractivity contribution in [3.05, 3.63) is 103 Å². The maximum Gasteiger partial charge on any atom is 0.266 e. The summed E-state index contributed by atoms with van der Waals surface area (Å²) in [5.74, 6) is -0.654. The number of nitrogens with zero attached hydrogens (tertiary/aromatic N) is 3. The molecule has 1 amide bonds. The van der Waals surface area contributed by atoms with Gasteiger partial charge in [0.25, 0.3) is 11.5 Å². The first-order chi connectivity index (χ1) is 16.2. The van der Waals surface area contributed by atoms with Gasteiger partial charge in [0, 0.05) is 11.6 Å². The summed E-state index contributed by atoms with van der Waals surface area (Å²) in [7, 11) is 0. The molecule has 0 fully saturated rings. The van der Waals surface area contributed by atoms with Crippen LogP contribution >= 0.6 is 34.8 Å². The molecule has 0 aliphatic rings. The second-order valence-electron chi connectivity index (χ2n) is 7.62. The van der Waals surface area contributed by atoms with Crippen molar-refractivity contribution in [1.82, 2.24) is 14.5 Å². The normalized spacial score (nSPS) is 12.1. The molecule has 34 heavy (non-hydrogen) atoms. The van der Waals surface area contributed by atoms with Crippen LogP contribution in [0.2, 0.25) is 15.1 Å². The monoisotopic (exact) mass is 517 g/mol. The Morgan fingerprint density at radius 2 is 1.79 bits per heavy atom. The van der Waals surface area contributed by atoms with E-state index in [1.165, 1.54) is 28.8 Å². The van der Waals surface area contributed by atoms with E-state index < -0.39 is 11.9 Å². The fourth-order valence-electron chi connectivity index (χ4n) is 3.85. The molecule has 0 bridgehead atoms. The highest BCUT2D eigenvalue weighted by atomic mass is 35.5. The first-order valence-corrected chi connectivity index (χ1v) is 11.6. The third kappa shape index (κ3) is 4.41. The molecule has 0 N–H and O–H groups in total. The smallest absolute Gasteiger partial charge is 0.266 e. The van der Waals surface area contributed by atoms with E-state index in [0.29, 0.717) is 34.0 Å². The molecular formula is C25H19Cl3FN3O2. The van der Waals surface area contributed by atoms with Gasteiger partial charge in [-0.3, -0.25) is 14.2 Å². The zero-order valence-corrected chi connectivity index (χ0v) is 20.5. The molecule has 0 radical (unpaired) electrons. The van der Waals surface area contributed by atoms with Gasteiger partial charge in [-0.05, 0) is 62.4 Å². The number of hydrogen-bond donors (Lipinski definition) is 0. The molecule has 0 spiro atoms. The van der Waals surface area contributed by atoms with Crippen LogP contribution < -0.4 is 5.56 Å². The fraction of sp³-hybridized carbons (Fsp3) is 0.160. The van der Waals surface area contributed by atoms with E-state index in [2.05, 4.69) is 0 Å². The minimum absolute atomic E-state index is 0.132. The summed E-state index contributed by atoms with van der Waals surface area (Å²) in [6.45, 7) is 3.89. The Morgan fingerprint density at radius 1 is 1.06 bits per heavy atom. The quantitative estimate of drug-likeness (QED) is 0.295. The number of carbonyl (C=O) groups is 1. The van der Waals surface area contributed by atoms with E-state index in [4.69, 9.17) is 39.8 Å². The summed E-state index contributed by atoms with van der Waals surface area (Å²) in [6, 6.07) is 14.9. The van der Waals surface area contributed by atoms with Crippen LogP contribution in [0.1, 0.15) is 36.1 Å². The number of rotatable bonds is 5. The molecular weight excluding hydrogens is 500 g/mol. The summed E-state index contributed by atoms with van der Waals surface area (Å²) in [5.41, 5.74) is 0.735. The first-order valence-electron chi connectivity index (χ1n) is 10.5. The molecule has 0 saturated heterocycles. The predicted molar refractivity (Wildman–Crippen MR) is 134 cm³/mol. The van der Waals surface area contributed by atoms with Gasteiger partial charge >= 0.3 is 0 Å². The number of amides is 1. The standard InChI is InChI=1S/C25H19Cl3FN3O2/c1-3-31(24(33)17-10-8-15(26)12-19(17)27)14(2)23-30-22-7-5-4-6-18(22)25(34)32(23)16-9-11-21(29)20(28)13-16/h4-14H,3H2,1-2H3. The summed E-state index contributed by atoms with van der Waals surface area (Å²) in [4.78, 5) is 33.2. The van der Waals surface area contributed by atoms with E-state index in [9.17, 15) is 14.0 Å². The maximum atomic E-state index is 13.9. The minimum Gasteiger partial charge on any atom is -0.329 e. The lowest BCUT2D eigenvalue weighted by Crippen LogP contribution is -2.37. The van der Waals surface area contributed by atoms with Crippen molar-refractivity contribution in [2.75, 3.05) is 6.54 Å². The molecule has 1 heterocycles. The third-order valence-corrected chi connectivity index (χ3v) is 6.40. The Morgan fingerprint density at radius 3 is 2.47 bits per heavy atom. The van der Waals surface area contributed by atoms with Crippen LogP contribution in [0.5, 0.6) is 0 Å². The summed E-state index contributed by atoms with van der Waals surface area (Å²) >= 11 is 18.3. The van der Waals surface area contributed by atoms with Crippen molar-refractivity contribution in [1.29, 1.82) is 0 Å². The summed E-state index contributed by atoms with van der Waals surface area (Å²) in [5, 5.41) is 0.884. The highest BCUT2D eigenvalue weighted by molar-refractivity contribution is 6.36. The largest absolute Gasteiger partial charge is 0.329 e. The number of benzene rings is 3. The Kier molecular flexibility index (Phi) is 6.94. The summed E-state index contributed by atoms with van der Waals surface area (Å²) < 4.78 is 15.2. The van der Waals surface area contributed by atoms with Gasteiger partial charge in [0.2, 0.25) is 0 Å². The average molecular weight is 519 g/mol. The van der Waals surface area contributed by atoms with E-state index in [-0.39, 0.29) is 27.1 Å². The molecule has 1 atom stereocenters. The Bertz CT molecular complexity index is 1470. The van der Waals surface area contributed by atoms with Gasteiger partial charge in [0.15, 0.2) is 0 Å². The maximum absolute atomic E-state index is 13.9. The van der Waals surface area contributed by atoms with Crippen LogP contribution in [0.3, 0.4) is 0 Å². The topological polar surface area (TPSA) is 55.2 Å². The van der Waals surface area contributed by atoms with Gasteiger partial charge in [0.05, 0.1) is 38.2 Å². The molecule has 0 saturated carbocycles. The summed E-state index contributed by atoms with van der Waals surface area (Å²) in [6.07, 6.45) is 0. The van der Waals surface area contributed by atoms with Crippen molar-refractivity contribution in [2.45, 2.75) is 19.9 Å². The van der Waals surface area contributed by atoms with Gasteiger partial charge in [0.1, 0.15) is 11.6 Å². The van der Waals surface area contributed by atoms with Crippen molar-refractivity contribution >= 4 is 51.6 Å². The van der Waals surface area contributed by atoms with E-state index in [0.717, 1.165) is 0 Å². The van der Waals surface area contributed by atoms with E-state index >= 15 is 0 Å². The van der Waals surface area contributed by atoms with Crippen LogP contribution in [0.25, 0.3) is 16.6 Å². The lowest BCUT2D eigenvalue weighted by atomic mass is 10.1. The molecule has 9 heteroatoms.